The molecular weight excluding hydrogens is 255 g/mol. The number of pyridine rings is 2. The molecule has 0 spiro atoms. The van der Waals surface area contributed by atoms with Gasteiger partial charge in [0.25, 0.3) is 5.56 Å². The number of fused-ring (bicyclic) bond motifs is 3. The smallest absolute Gasteiger partial charge is 0.259 e. The van der Waals surface area contributed by atoms with Crippen LogP contribution in [0.1, 0.15) is 18.1 Å². The third-order valence-corrected chi connectivity index (χ3v) is 3.71. The molecule has 0 radical (unpaired) electrons. The van der Waals surface area contributed by atoms with Crippen molar-refractivity contribution in [3.63, 3.8) is 0 Å². The zero-order valence-electron chi connectivity index (χ0n) is 11.7. The van der Waals surface area contributed by atoms with Crippen LogP contribution >= 0.6 is 0 Å². The number of halogens is 1. The summed E-state index contributed by atoms with van der Waals surface area (Å²) in [7, 11) is 1.63. The van der Waals surface area contributed by atoms with Gasteiger partial charge in [0.1, 0.15) is 5.65 Å². The van der Waals surface area contributed by atoms with Gasteiger partial charge in [-0.1, -0.05) is 18.6 Å². The summed E-state index contributed by atoms with van der Waals surface area (Å²) in [5.74, 6) is -0.572. The van der Waals surface area contributed by atoms with E-state index in [0.29, 0.717) is 11.0 Å². The van der Waals surface area contributed by atoms with Crippen LogP contribution in [0.4, 0.5) is 4.39 Å². The molecule has 3 rings (SSSR count). The molecule has 0 aliphatic heterocycles. The first-order chi connectivity index (χ1) is 9.52. The number of aromatic nitrogens is 2. The van der Waals surface area contributed by atoms with Gasteiger partial charge in [0.2, 0.25) is 5.95 Å². The highest BCUT2D eigenvalue weighted by Crippen LogP contribution is 2.26. The van der Waals surface area contributed by atoms with Gasteiger partial charge in [0.15, 0.2) is 0 Å². The van der Waals surface area contributed by atoms with Gasteiger partial charge in [0.05, 0.1) is 0 Å². The summed E-state index contributed by atoms with van der Waals surface area (Å²) in [5.41, 5.74) is 2.40. The Hall–Kier alpha value is -2.23. The molecule has 0 unspecified atom stereocenters. The summed E-state index contributed by atoms with van der Waals surface area (Å²) in [6.07, 6.45) is 0.817. The summed E-state index contributed by atoms with van der Waals surface area (Å²) in [4.78, 5) is 16.4. The zero-order valence-corrected chi connectivity index (χ0v) is 11.7. The molecule has 0 bridgehead atoms. The minimum Gasteiger partial charge on any atom is -0.295 e. The topological polar surface area (TPSA) is 34.9 Å². The number of rotatable bonds is 1. The van der Waals surface area contributed by atoms with E-state index in [1.165, 1.54) is 10.6 Å². The second kappa shape index (κ2) is 4.40. The second-order valence-corrected chi connectivity index (χ2v) is 5.07. The largest absolute Gasteiger partial charge is 0.295 e. The Bertz CT molecular complexity index is 896. The third-order valence-electron chi connectivity index (χ3n) is 3.71. The van der Waals surface area contributed by atoms with E-state index in [2.05, 4.69) is 18.0 Å². The predicted octanol–water partition coefficient (Wildman–Crippen LogP) is 3.10. The fraction of sp³-hybridized carbons (Fsp3) is 0.250. The molecule has 2 aromatic heterocycles. The first-order valence-electron chi connectivity index (χ1n) is 6.61. The van der Waals surface area contributed by atoms with Crippen molar-refractivity contribution >= 4 is 21.8 Å². The lowest BCUT2D eigenvalue weighted by molar-refractivity contribution is 0.586. The van der Waals surface area contributed by atoms with Gasteiger partial charge in [-0.15, -0.1) is 0 Å². The summed E-state index contributed by atoms with van der Waals surface area (Å²) in [5, 5.41) is 2.38. The fourth-order valence-corrected chi connectivity index (χ4v) is 2.78. The van der Waals surface area contributed by atoms with Crippen molar-refractivity contribution in [1.82, 2.24) is 9.55 Å². The number of nitrogens with zero attached hydrogens (tertiary/aromatic N) is 2. The molecule has 4 heteroatoms. The number of hydrogen-bond acceptors (Lipinski definition) is 2. The molecule has 0 fully saturated rings. The fourth-order valence-electron chi connectivity index (χ4n) is 2.78. The molecule has 3 aromatic rings. The normalized spacial score (nSPS) is 11.4. The number of aryl methyl sites for hydroxylation is 3. The molecule has 0 saturated carbocycles. The van der Waals surface area contributed by atoms with Crippen LogP contribution in [0.2, 0.25) is 0 Å². The predicted molar refractivity (Wildman–Crippen MR) is 78.6 cm³/mol. The van der Waals surface area contributed by atoms with E-state index < -0.39 is 5.95 Å². The maximum absolute atomic E-state index is 13.4. The van der Waals surface area contributed by atoms with Crippen molar-refractivity contribution in [3.8, 4) is 0 Å². The van der Waals surface area contributed by atoms with Crippen LogP contribution in [0.3, 0.4) is 0 Å². The lowest BCUT2D eigenvalue weighted by Crippen LogP contribution is -2.19. The summed E-state index contributed by atoms with van der Waals surface area (Å²) in [6.45, 7) is 4.03. The quantitative estimate of drug-likeness (QED) is 0.503. The molecule has 0 atom stereocenters. The van der Waals surface area contributed by atoms with Gasteiger partial charge in [-0.2, -0.15) is 4.39 Å². The lowest BCUT2D eigenvalue weighted by Gasteiger charge is -2.12. The van der Waals surface area contributed by atoms with E-state index in [0.717, 1.165) is 28.3 Å². The molecule has 0 amide bonds. The van der Waals surface area contributed by atoms with Crippen molar-refractivity contribution in [3.05, 3.63) is 51.7 Å². The average molecular weight is 270 g/mol. The SMILES string of the molecule is CCc1cc(C)cc2c(=O)n(C)c3nc(F)ccc3c12. The monoisotopic (exact) mass is 270 g/mol. The van der Waals surface area contributed by atoms with Gasteiger partial charge in [-0.25, -0.2) is 4.98 Å². The van der Waals surface area contributed by atoms with Gasteiger partial charge in [0, 0.05) is 23.2 Å². The summed E-state index contributed by atoms with van der Waals surface area (Å²) in [6, 6.07) is 7.00. The minimum atomic E-state index is -0.572. The van der Waals surface area contributed by atoms with E-state index in [-0.39, 0.29) is 5.56 Å². The Morgan fingerprint density at radius 3 is 2.70 bits per heavy atom. The third kappa shape index (κ3) is 1.72. The molecule has 0 aliphatic rings. The van der Waals surface area contributed by atoms with Gasteiger partial charge < -0.3 is 0 Å². The first-order valence-corrected chi connectivity index (χ1v) is 6.61. The molecule has 1 aromatic carbocycles. The standard InChI is InChI=1S/C16H15FN2O/c1-4-10-7-9(2)8-12-14(10)11-5-6-13(17)18-15(11)19(3)16(12)20/h5-8H,4H2,1-3H3. The molecule has 0 N–H and O–H groups in total. The van der Waals surface area contributed by atoms with Crippen molar-refractivity contribution in [2.24, 2.45) is 7.05 Å². The van der Waals surface area contributed by atoms with Crippen LogP contribution in [0.5, 0.6) is 0 Å². The lowest BCUT2D eigenvalue weighted by atomic mass is 9.98. The molecule has 0 aliphatic carbocycles. The van der Waals surface area contributed by atoms with Crippen LogP contribution < -0.4 is 5.56 Å². The maximum Gasteiger partial charge on any atom is 0.259 e. The van der Waals surface area contributed by atoms with E-state index >= 15 is 0 Å². The van der Waals surface area contributed by atoms with Crippen LogP contribution in [0, 0.1) is 12.9 Å². The number of hydrogen-bond donors (Lipinski definition) is 0. The Morgan fingerprint density at radius 2 is 2.00 bits per heavy atom. The highest BCUT2D eigenvalue weighted by atomic mass is 19.1. The average Bonchev–Trinajstić information content (AvgIpc) is 2.44. The van der Waals surface area contributed by atoms with Crippen LogP contribution in [-0.4, -0.2) is 9.55 Å². The Morgan fingerprint density at radius 1 is 1.25 bits per heavy atom. The first kappa shape index (κ1) is 12.8. The van der Waals surface area contributed by atoms with Crippen molar-refractivity contribution in [1.29, 1.82) is 0 Å². The Labute approximate surface area is 115 Å². The highest BCUT2D eigenvalue weighted by molar-refractivity contribution is 6.06. The summed E-state index contributed by atoms with van der Waals surface area (Å²) < 4.78 is 14.8. The van der Waals surface area contributed by atoms with Crippen molar-refractivity contribution in [2.45, 2.75) is 20.3 Å². The van der Waals surface area contributed by atoms with Gasteiger partial charge in [-0.3, -0.25) is 9.36 Å². The molecule has 102 valence electrons. The van der Waals surface area contributed by atoms with Crippen molar-refractivity contribution in [2.75, 3.05) is 0 Å². The van der Waals surface area contributed by atoms with Gasteiger partial charge >= 0.3 is 0 Å². The maximum atomic E-state index is 13.4. The minimum absolute atomic E-state index is 0.135. The molecule has 3 nitrogen and oxygen atoms in total. The Balaban J connectivity index is 2.69. The van der Waals surface area contributed by atoms with E-state index in [4.69, 9.17) is 0 Å². The van der Waals surface area contributed by atoms with Crippen LogP contribution in [0.25, 0.3) is 21.8 Å². The second-order valence-electron chi connectivity index (χ2n) is 5.07. The molecule has 2 heterocycles. The van der Waals surface area contributed by atoms with Gasteiger partial charge in [-0.05, 0) is 37.1 Å². The number of benzene rings is 1. The highest BCUT2D eigenvalue weighted by Gasteiger charge is 2.13. The van der Waals surface area contributed by atoms with Crippen LogP contribution in [-0.2, 0) is 13.5 Å². The summed E-state index contributed by atoms with van der Waals surface area (Å²) >= 11 is 0. The van der Waals surface area contributed by atoms with Crippen molar-refractivity contribution < 1.29 is 4.39 Å². The van der Waals surface area contributed by atoms with E-state index in [9.17, 15) is 9.18 Å². The zero-order chi connectivity index (χ0) is 14.4. The Kier molecular flexibility index (Phi) is 2.82. The van der Waals surface area contributed by atoms with E-state index in [1.807, 2.05) is 13.0 Å². The molecule has 20 heavy (non-hydrogen) atoms. The van der Waals surface area contributed by atoms with Crippen LogP contribution in [0.15, 0.2) is 29.1 Å². The molecular formula is C16H15FN2O. The molecule has 0 saturated heterocycles. The van der Waals surface area contributed by atoms with E-state index in [1.54, 1.807) is 13.1 Å².